The minimum absolute atomic E-state index is 0.225. The van der Waals surface area contributed by atoms with Crippen LogP contribution in [0.5, 0.6) is 0 Å². The summed E-state index contributed by atoms with van der Waals surface area (Å²) in [6, 6.07) is 14.6. The minimum Gasteiger partial charge on any atom is -0.478 e. The van der Waals surface area contributed by atoms with Gasteiger partial charge in [-0.2, -0.15) is 0 Å². The minimum atomic E-state index is -0.966. The number of carboxylic acid groups (broad SMARTS) is 1. The highest BCUT2D eigenvalue weighted by Crippen LogP contribution is 2.18. The number of nitrogens with zero attached hydrogens (tertiary/aromatic N) is 2. The van der Waals surface area contributed by atoms with Crippen LogP contribution in [0.4, 0.5) is 21.7 Å². The van der Waals surface area contributed by atoms with E-state index in [0.717, 1.165) is 17.7 Å². The third-order valence-electron chi connectivity index (χ3n) is 3.88. The summed E-state index contributed by atoms with van der Waals surface area (Å²) in [4.78, 5) is 19.6. The zero-order valence-electron chi connectivity index (χ0n) is 14.7. The molecule has 138 valence electrons. The fourth-order valence-electron chi connectivity index (χ4n) is 2.55. The summed E-state index contributed by atoms with van der Waals surface area (Å²) in [5.41, 5.74) is 1.99. The van der Waals surface area contributed by atoms with Crippen molar-refractivity contribution >= 4 is 23.3 Å². The highest BCUT2D eigenvalue weighted by Gasteiger charge is 2.05. The van der Waals surface area contributed by atoms with Crippen LogP contribution in [-0.4, -0.2) is 27.6 Å². The first-order valence-corrected chi connectivity index (χ1v) is 8.44. The predicted molar refractivity (Wildman–Crippen MR) is 102 cm³/mol. The van der Waals surface area contributed by atoms with Crippen LogP contribution in [0.2, 0.25) is 0 Å². The molecular formula is C20H19FN4O2. The smallest absolute Gasteiger partial charge is 0.335 e. The molecule has 0 saturated carbocycles. The molecule has 6 nitrogen and oxygen atoms in total. The van der Waals surface area contributed by atoms with E-state index in [-0.39, 0.29) is 11.4 Å². The Kier molecular flexibility index (Phi) is 5.61. The maximum absolute atomic E-state index is 12.9. The molecular weight excluding hydrogens is 347 g/mol. The summed E-state index contributed by atoms with van der Waals surface area (Å²) in [7, 11) is 0. The Hall–Kier alpha value is -3.48. The molecule has 0 aliphatic carbocycles. The van der Waals surface area contributed by atoms with E-state index in [1.807, 2.05) is 0 Å². The van der Waals surface area contributed by atoms with Crippen LogP contribution in [0.15, 0.2) is 54.6 Å². The molecule has 0 spiro atoms. The van der Waals surface area contributed by atoms with Crippen molar-refractivity contribution in [2.24, 2.45) is 0 Å². The molecule has 0 atom stereocenters. The molecule has 27 heavy (non-hydrogen) atoms. The number of halogens is 1. The number of rotatable bonds is 7. The summed E-state index contributed by atoms with van der Waals surface area (Å²) in [6.07, 6.45) is 0.739. The van der Waals surface area contributed by atoms with E-state index in [1.165, 1.54) is 24.3 Å². The normalized spacial score (nSPS) is 10.4. The van der Waals surface area contributed by atoms with E-state index in [2.05, 4.69) is 20.6 Å². The second kappa shape index (κ2) is 8.27. The number of anilines is 3. The number of aromatic nitrogens is 2. The fourth-order valence-corrected chi connectivity index (χ4v) is 2.55. The largest absolute Gasteiger partial charge is 0.478 e. The molecule has 0 aliphatic rings. The van der Waals surface area contributed by atoms with Gasteiger partial charge in [-0.25, -0.2) is 19.2 Å². The topological polar surface area (TPSA) is 87.1 Å². The summed E-state index contributed by atoms with van der Waals surface area (Å²) in [5, 5.41) is 15.3. The zero-order chi connectivity index (χ0) is 19.2. The third kappa shape index (κ3) is 5.24. The molecule has 1 heterocycles. The van der Waals surface area contributed by atoms with Crippen molar-refractivity contribution < 1.29 is 14.3 Å². The molecule has 0 amide bonds. The molecule has 1 aromatic heterocycles. The van der Waals surface area contributed by atoms with Gasteiger partial charge in [0.15, 0.2) is 0 Å². The Morgan fingerprint density at radius 1 is 1.04 bits per heavy atom. The van der Waals surface area contributed by atoms with Gasteiger partial charge in [0.2, 0.25) is 0 Å². The SMILES string of the molecule is Cc1nc(NCCc2ccc(F)cc2)cc(Nc2ccc(C(=O)O)cc2)n1. The molecule has 0 radical (unpaired) electrons. The zero-order valence-corrected chi connectivity index (χ0v) is 14.7. The van der Waals surface area contributed by atoms with Gasteiger partial charge in [-0.1, -0.05) is 12.1 Å². The summed E-state index contributed by atoms with van der Waals surface area (Å²) < 4.78 is 12.9. The fraction of sp³-hybridized carbons (Fsp3) is 0.150. The number of carboxylic acids is 1. The quantitative estimate of drug-likeness (QED) is 0.585. The summed E-state index contributed by atoms with van der Waals surface area (Å²) >= 11 is 0. The van der Waals surface area contributed by atoms with Gasteiger partial charge in [0.05, 0.1) is 5.56 Å². The van der Waals surface area contributed by atoms with Crippen LogP contribution in [0.1, 0.15) is 21.7 Å². The number of nitrogens with one attached hydrogen (secondary N) is 2. The number of carbonyl (C=O) groups is 1. The van der Waals surface area contributed by atoms with Crippen LogP contribution in [-0.2, 0) is 6.42 Å². The first-order chi connectivity index (χ1) is 13.0. The lowest BCUT2D eigenvalue weighted by atomic mass is 10.1. The van der Waals surface area contributed by atoms with Gasteiger partial charge in [0.25, 0.3) is 0 Å². The van der Waals surface area contributed by atoms with Crippen LogP contribution >= 0.6 is 0 Å². The van der Waals surface area contributed by atoms with E-state index in [1.54, 1.807) is 37.3 Å². The van der Waals surface area contributed by atoms with Gasteiger partial charge in [0.1, 0.15) is 23.3 Å². The second-order valence-corrected chi connectivity index (χ2v) is 6.00. The summed E-state index contributed by atoms with van der Waals surface area (Å²) in [6.45, 7) is 2.44. The van der Waals surface area contributed by atoms with Crippen molar-refractivity contribution in [1.82, 2.24) is 9.97 Å². The maximum atomic E-state index is 12.9. The van der Waals surface area contributed by atoms with Crippen molar-refractivity contribution in [2.45, 2.75) is 13.3 Å². The molecule has 2 aromatic carbocycles. The van der Waals surface area contributed by atoms with Gasteiger partial charge in [0, 0.05) is 18.3 Å². The highest BCUT2D eigenvalue weighted by molar-refractivity contribution is 5.88. The number of benzene rings is 2. The second-order valence-electron chi connectivity index (χ2n) is 6.00. The van der Waals surface area contributed by atoms with Gasteiger partial charge >= 0.3 is 5.97 Å². The molecule has 0 aliphatic heterocycles. The number of aryl methyl sites for hydroxylation is 1. The number of hydrogen-bond donors (Lipinski definition) is 3. The number of hydrogen-bond acceptors (Lipinski definition) is 5. The van der Waals surface area contributed by atoms with Gasteiger partial charge in [-0.15, -0.1) is 0 Å². The van der Waals surface area contributed by atoms with Crippen LogP contribution in [0, 0.1) is 12.7 Å². The Balaban J connectivity index is 1.63. The first kappa shape index (κ1) is 18.3. The molecule has 0 bridgehead atoms. The van der Waals surface area contributed by atoms with Gasteiger partial charge in [-0.3, -0.25) is 0 Å². The Labute approximate surface area is 156 Å². The molecule has 7 heteroatoms. The lowest BCUT2D eigenvalue weighted by molar-refractivity contribution is 0.0697. The Bertz CT molecular complexity index is 928. The van der Waals surface area contributed by atoms with Crippen molar-refractivity contribution in [3.8, 4) is 0 Å². The monoisotopic (exact) mass is 366 g/mol. The van der Waals surface area contributed by atoms with Crippen molar-refractivity contribution in [2.75, 3.05) is 17.2 Å². The summed E-state index contributed by atoms with van der Waals surface area (Å²) in [5.74, 6) is 0.674. The van der Waals surface area contributed by atoms with E-state index >= 15 is 0 Å². The molecule has 0 saturated heterocycles. The van der Waals surface area contributed by atoms with Crippen LogP contribution in [0.3, 0.4) is 0 Å². The van der Waals surface area contributed by atoms with Gasteiger partial charge < -0.3 is 15.7 Å². The Morgan fingerprint density at radius 2 is 1.70 bits per heavy atom. The molecule has 3 rings (SSSR count). The lowest BCUT2D eigenvalue weighted by Gasteiger charge is -2.10. The van der Waals surface area contributed by atoms with Crippen LogP contribution in [0.25, 0.3) is 0 Å². The Morgan fingerprint density at radius 3 is 2.37 bits per heavy atom. The number of aromatic carboxylic acids is 1. The van der Waals surface area contributed by atoms with E-state index in [4.69, 9.17) is 5.11 Å². The van der Waals surface area contributed by atoms with Crippen molar-refractivity contribution in [3.63, 3.8) is 0 Å². The average molecular weight is 366 g/mol. The molecule has 0 fully saturated rings. The molecule has 3 aromatic rings. The average Bonchev–Trinajstić information content (AvgIpc) is 2.63. The first-order valence-electron chi connectivity index (χ1n) is 8.44. The van der Waals surface area contributed by atoms with Gasteiger partial charge in [-0.05, 0) is 55.3 Å². The van der Waals surface area contributed by atoms with Crippen molar-refractivity contribution in [1.29, 1.82) is 0 Å². The van der Waals surface area contributed by atoms with Crippen molar-refractivity contribution in [3.05, 3.63) is 77.4 Å². The molecule has 0 unspecified atom stereocenters. The third-order valence-corrected chi connectivity index (χ3v) is 3.88. The molecule has 3 N–H and O–H groups in total. The predicted octanol–water partition coefficient (Wildman–Crippen LogP) is 4.02. The van der Waals surface area contributed by atoms with E-state index in [0.29, 0.717) is 24.0 Å². The standard InChI is InChI=1S/C20H19FN4O2/c1-13-23-18(22-11-10-14-2-6-16(21)7-3-14)12-19(24-13)25-17-8-4-15(5-9-17)20(26)27/h2-9,12H,10-11H2,1H3,(H,26,27)(H2,22,23,24,25). The van der Waals surface area contributed by atoms with Crippen LogP contribution < -0.4 is 10.6 Å². The van der Waals surface area contributed by atoms with E-state index < -0.39 is 5.97 Å². The maximum Gasteiger partial charge on any atom is 0.335 e. The lowest BCUT2D eigenvalue weighted by Crippen LogP contribution is -2.08. The van der Waals surface area contributed by atoms with E-state index in [9.17, 15) is 9.18 Å². The highest BCUT2D eigenvalue weighted by atomic mass is 19.1.